The topological polar surface area (TPSA) is 175 Å². The molecule has 1 rings (SSSR count). The fourth-order valence-corrected chi connectivity index (χ4v) is 8.63. The molecular formula is C55H103NO10. The summed E-state index contributed by atoms with van der Waals surface area (Å²) in [5.41, 5.74) is 0. The van der Waals surface area contributed by atoms with Gasteiger partial charge in [-0.25, -0.2) is 0 Å². The van der Waals surface area contributed by atoms with Crippen LogP contribution in [0.15, 0.2) is 24.3 Å². The van der Waals surface area contributed by atoms with E-state index < -0.39 is 67.4 Å². The highest BCUT2D eigenvalue weighted by molar-refractivity contribution is 5.80. The Morgan fingerprint density at radius 2 is 1.02 bits per heavy atom. The third kappa shape index (κ3) is 32.8. The van der Waals surface area contributed by atoms with Gasteiger partial charge < -0.3 is 45.1 Å². The van der Waals surface area contributed by atoms with Crippen molar-refractivity contribution in [1.29, 1.82) is 0 Å². The van der Waals surface area contributed by atoms with Crippen molar-refractivity contribution in [2.75, 3.05) is 13.2 Å². The molecule has 0 radical (unpaired) electrons. The molecule has 0 aromatic rings. The number of unbranched alkanes of at least 4 members (excludes halogenated alkanes) is 30. The van der Waals surface area contributed by atoms with Crippen LogP contribution in [0.3, 0.4) is 0 Å². The van der Waals surface area contributed by atoms with Crippen molar-refractivity contribution in [3.63, 3.8) is 0 Å². The lowest BCUT2D eigenvalue weighted by molar-refractivity contribution is -0.305. The molecule has 1 fully saturated rings. The number of hydrogen-bond donors (Lipinski definition) is 6. The number of esters is 1. The highest BCUT2D eigenvalue weighted by atomic mass is 16.7. The number of hydrogen-bond acceptors (Lipinski definition) is 10. The summed E-state index contributed by atoms with van der Waals surface area (Å²) in [5, 5.41) is 56.6. The van der Waals surface area contributed by atoms with Crippen LogP contribution in [0, 0.1) is 0 Å². The molecule has 8 unspecified atom stereocenters. The van der Waals surface area contributed by atoms with Crippen LogP contribution < -0.4 is 5.32 Å². The van der Waals surface area contributed by atoms with Crippen LogP contribution in [0.5, 0.6) is 0 Å². The molecule has 0 spiro atoms. The van der Waals surface area contributed by atoms with Crippen molar-refractivity contribution in [3.05, 3.63) is 24.3 Å². The van der Waals surface area contributed by atoms with E-state index in [4.69, 9.17) is 14.2 Å². The second kappa shape index (κ2) is 44.4. The van der Waals surface area contributed by atoms with E-state index in [1.165, 1.54) is 135 Å². The van der Waals surface area contributed by atoms with Crippen LogP contribution in [-0.4, -0.2) is 99.6 Å². The summed E-state index contributed by atoms with van der Waals surface area (Å²) in [6, 6.07) is -1.02. The Bertz CT molecular complexity index is 1170. The van der Waals surface area contributed by atoms with Gasteiger partial charge in [0.25, 0.3) is 0 Å². The minimum Gasteiger partial charge on any atom is -0.454 e. The molecule has 0 aromatic carbocycles. The number of nitrogens with one attached hydrogen (secondary N) is 1. The maximum absolute atomic E-state index is 13.3. The van der Waals surface area contributed by atoms with Crippen LogP contribution in [-0.2, 0) is 23.8 Å². The molecule has 0 aromatic heterocycles. The molecule has 388 valence electrons. The first-order valence-electron chi connectivity index (χ1n) is 27.6. The molecule has 66 heavy (non-hydrogen) atoms. The van der Waals surface area contributed by atoms with E-state index in [9.17, 15) is 35.1 Å². The predicted octanol–water partition coefficient (Wildman–Crippen LogP) is 11.8. The Balaban J connectivity index is 2.75. The second-order valence-electron chi connectivity index (χ2n) is 19.3. The molecule has 1 aliphatic rings. The number of allylic oxidation sites excluding steroid dienone is 3. The molecular weight excluding hydrogens is 835 g/mol. The first-order valence-corrected chi connectivity index (χ1v) is 27.6. The molecule has 1 saturated heterocycles. The molecule has 1 heterocycles. The number of ether oxygens (including phenoxy) is 3. The average Bonchev–Trinajstić information content (AvgIpc) is 3.31. The highest BCUT2D eigenvalue weighted by Gasteiger charge is 2.47. The molecule has 8 atom stereocenters. The Morgan fingerprint density at radius 3 is 1.52 bits per heavy atom. The van der Waals surface area contributed by atoms with E-state index in [0.29, 0.717) is 12.8 Å². The maximum Gasteiger partial charge on any atom is 0.306 e. The molecule has 0 saturated carbocycles. The number of carbonyl (C=O) groups is 2. The summed E-state index contributed by atoms with van der Waals surface area (Å²) in [4.78, 5) is 26.3. The molecule has 6 N–H and O–H groups in total. The van der Waals surface area contributed by atoms with Crippen LogP contribution in [0.2, 0.25) is 0 Å². The lowest BCUT2D eigenvalue weighted by atomic mass is 9.99. The van der Waals surface area contributed by atoms with Crippen molar-refractivity contribution in [3.8, 4) is 0 Å². The van der Waals surface area contributed by atoms with Gasteiger partial charge in [0.05, 0.1) is 25.4 Å². The zero-order chi connectivity index (χ0) is 48.3. The van der Waals surface area contributed by atoms with E-state index in [1.54, 1.807) is 6.08 Å². The average molecular weight is 938 g/mol. The highest BCUT2D eigenvalue weighted by Crippen LogP contribution is 2.26. The van der Waals surface area contributed by atoms with Crippen molar-refractivity contribution in [2.45, 2.75) is 301 Å². The SMILES string of the molecule is CCCC/C=C\CCCCCCC(O)C(=O)NC(COC1OC(CO)C(O)C(O)C1OC(=O)CCCCCCCCCCCCCCCC)C(O)/C=C/CCCCCCCCCCCCC. The second-order valence-corrected chi connectivity index (χ2v) is 19.3. The van der Waals surface area contributed by atoms with E-state index >= 15 is 0 Å². The van der Waals surface area contributed by atoms with Gasteiger partial charge >= 0.3 is 5.97 Å². The van der Waals surface area contributed by atoms with Gasteiger partial charge in [-0.3, -0.25) is 9.59 Å². The summed E-state index contributed by atoms with van der Waals surface area (Å²) < 4.78 is 17.5. The third-order valence-electron chi connectivity index (χ3n) is 13.1. The minimum atomic E-state index is -1.61. The zero-order valence-electron chi connectivity index (χ0n) is 42.6. The summed E-state index contributed by atoms with van der Waals surface area (Å²) in [7, 11) is 0. The monoisotopic (exact) mass is 938 g/mol. The predicted molar refractivity (Wildman–Crippen MR) is 269 cm³/mol. The summed E-state index contributed by atoms with van der Waals surface area (Å²) in [6.07, 6.45) is 38.0. The standard InChI is InChI=1S/C55H103NO10/c1-4-7-10-13-16-19-22-24-26-28-31-34-37-40-43-50(60)66-53-52(62)51(61)49(44-57)65-55(53)64-45-46(47(58)41-38-35-32-30-27-25-23-20-17-14-11-8-5-2)56-54(63)48(59)42-39-36-33-29-21-18-15-12-9-6-3/h15,18,38,41,46-49,51-53,55,57-59,61-62H,4-14,16-17,19-37,39-40,42-45H2,1-3H3,(H,56,63)/b18-15-,41-38+. The van der Waals surface area contributed by atoms with Crippen LogP contribution in [0.4, 0.5) is 0 Å². The normalized spacial score (nSPS) is 20.3. The molecule has 11 heteroatoms. The van der Waals surface area contributed by atoms with Crippen molar-refractivity contribution < 1.29 is 49.3 Å². The van der Waals surface area contributed by atoms with E-state index in [0.717, 1.165) is 70.6 Å². The van der Waals surface area contributed by atoms with Crippen LogP contribution in [0.25, 0.3) is 0 Å². The Hall–Kier alpha value is -1.86. The van der Waals surface area contributed by atoms with Gasteiger partial charge in [0.15, 0.2) is 12.4 Å². The van der Waals surface area contributed by atoms with E-state index in [1.807, 2.05) is 6.08 Å². The van der Waals surface area contributed by atoms with Gasteiger partial charge in [-0.15, -0.1) is 0 Å². The number of aliphatic hydroxyl groups is 5. The van der Waals surface area contributed by atoms with Crippen molar-refractivity contribution >= 4 is 11.9 Å². The summed E-state index contributed by atoms with van der Waals surface area (Å²) in [5.74, 6) is -1.20. The molecule has 1 aliphatic heterocycles. The summed E-state index contributed by atoms with van der Waals surface area (Å²) in [6.45, 7) is 5.73. The van der Waals surface area contributed by atoms with Gasteiger partial charge in [0.2, 0.25) is 5.91 Å². The Labute approximate surface area is 403 Å². The van der Waals surface area contributed by atoms with Crippen molar-refractivity contribution in [2.24, 2.45) is 0 Å². The largest absolute Gasteiger partial charge is 0.454 e. The van der Waals surface area contributed by atoms with Gasteiger partial charge in [-0.1, -0.05) is 225 Å². The molecule has 11 nitrogen and oxygen atoms in total. The lowest BCUT2D eigenvalue weighted by Gasteiger charge is -2.41. The quantitative estimate of drug-likeness (QED) is 0.0196. The molecule has 0 bridgehead atoms. The van der Waals surface area contributed by atoms with E-state index in [-0.39, 0.29) is 19.4 Å². The van der Waals surface area contributed by atoms with Gasteiger partial charge in [-0.05, 0) is 44.9 Å². The van der Waals surface area contributed by atoms with E-state index in [2.05, 4.69) is 38.2 Å². The number of carbonyl (C=O) groups excluding carboxylic acids is 2. The number of rotatable bonds is 46. The smallest absolute Gasteiger partial charge is 0.306 e. The first-order chi connectivity index (χ1) is 32.2. The molecule has 1 amide bonds. The maximum atomic E-state index is 13.3. The first kappa shape index (κ1) is 62.2. The number of amides is 1. The Kier molecular flexibility index (Phi) is 41.8. The van der Waals surface area contributed by atoms with Gasteiger partial charge in [0.1, 0.15) is 24.4 Å². The number of aliphatic hydroxyl groups excluding tert-OH is 5. The fraction of sp³-hybridized carbons (Fsp3) is 0.891. The van der Waals surface area contributed by atoms with Crippen LogP contribution >= 0.6 is 0 Å². The zero-order valence-corrected chi connectivity index (χ0v) is 42.6. The van der Waals surface area contributed by atoms with Gasteiger partial charge in [-0.2, -0.15) is 0 Å². The fourth-order valence-electron chi connectivity index (χ4n) is 8.63. The van der Waals surface area contributed by atoms with Crippen LogP contribution in [0.1, 0.15) is 252 Å². The lowest BCUT2D eigenvalue weighted by Crippen LogP contribution is -2.61. The summed E-state index contributed by atoms with van der Waals surface area (Å²) >= 11 is 0. The third-order valence-corrected chi connectivity index (χ3v) is 13.1. The minimum absolute atomic E-state index is 0.128. The molecule has 0 aliphatic carbocycles. The Morgan fingerprint density at radius 1 is 0.576 bits per heavy atom. The van der Waals surface area contributed by atoms with Crippen molar-refractivity contribution in [1.82, 2.24) is 5.32 Å². The van der Waals surface area contributed by atoms with Gasteiger partial charge in [0, 0.05) is 6.42 Å².